The van der Waals surface area contributed by atoms with E-state index in [0.29, 0.717) is 18.0 Å². The van der Waals surface area contributed by atoms with Crippen molar-refractivity contribution in [1.29, 1.82) is 0 Å². The van der Waals surface area contributed by atoms with Gasteiger partial charge in [-0.15, -0.1) is 0 Å². The Labute approximate surface area is 138 Å². The predicted octanol–water partition coefficient (Wildman–Crippen LogP) is 2.82. The van der Waals surface area contributed by atoms with Gasteiger partial charge in [-0.3, -0.25) is 9.00 Å². The van der Waals surface area contributed by atoms with Gasteiger partial charge < -0.3 is 10.1 Å². The van der Waals surface area contributed by atoms with Gasteiger partial charge in [0.15, 0.2) is 6.10 Å². The van der Waals surface area contributed by atoms with E-state index in [0.717, 1.165) is 23.1 Å². The highest BCUT2D eigenvalue weighted by Gasteiger charge is 2.27. The van der Waals surface area contributed by atoms with Crippen LogP contribution in [0.25, 0.3) is 0 Å². The molecule has 0 radical (unpaired) electrons. The van der Waals surface area contributed by atoms with Crippen LogP contribution in [0.5, 0.6) is 0 Å². The number of hydrogen-bond donors (Lipinski definition) is 1. The molecule has 1 heterocycles. The molecule has 1 aliphatic heterocycles. The van der Waals surface area contributed by atoms with Crippen molar-refractivity contribution in [3.63, 3.8) is 0 Å². The van der Waals surface area contributed by atoms with Crippen LogP contribution in [0.2, 0.25) is 0 Å². The van der Waals surface area contributed by atoms with E-state index in [-0.39, 0.29) is 5.91 Å². The maximum atomic E-state index is 12.7. The summed E-state index contributed by atoms with van der Waals surface area (Å²) in [6, 6.07) is 15.3. The lowest BCUT2D eigenvalue weighted by Gasteiger charge is -2.25. The fourth-order valence-corrected chi connectivity index (χ4v) is 3.49. The van der Waals surface area contributed by atoms with E-state index < -0.39 is 16.9 Å². The normalized spacial score (nSPS) is 18.0. The van der Waals surface area contributed by atoms with Crippen LogP contribution in [0.3, 0.4) is 0 Å². The van der Waals surface area contributed by atoms with Gasteiger partial charge in [0.05, 0.1) is 12.4 Å². The van der Waals surface area contributed by atoms with Crippen molar-refractivity contribution in [1.82, 2.24) is 0 Å². The molecule has 3 rings (SSSR count). The lowest BCUT2D eigenvalue weighted by molar-refractivity contribution is -0.128. The molecule has 2 atom stereocenters. The summed E-state index contributed by atoms with van der Waals surface area (Å²) < 4.78 is 17.2. The molecule has 4 nitrogen and oxygen atoms in total. The largest absolute Gasteiger partial charge is 0.363 e. The smallest absolute Gasteiger partial charge is 0.258 e. The van der Waals surface area contributed by atoms with E-state index in [1.165, 1.54) is 0 Å². The highest BCUT2D eigenvalue weighted by molar-refractivity contribution is 7.83. The Hall–Kier alpha value is -1.98. The van der Waals surface area contributed by atoms with E-state index in [1.807, 2.05) is 48.5 Å². The number of fused-ring (bicyclic) bond motifs is 1. The van der Waals surface area contributed by atoms with E-state index in [1.54, 1.807) is 6.26 Å². The number of carbonyl (C=O) groups excluding carboxylic acids is 1. The summed E-state index contributed by atoms with van der Waals surface area (Å²) in [6.07, 6.45) is 1.88. The van der Waals surface area contributed by atoms with Gasteiger partial charge in [0, 0.05) is 22.7 Å². The van der Waals surface area contributed by atoms with Gasteiger partial charge in [-0.2, -0.15) is 0 Å². The zero-order chi connectivity index (χ0) is 16.2. The minimum absolute atomic E-state index is 0.188. The van der Waals surface area contributed by atoms with Crippen LogP contribution in [0, 0.1) is 0 Å². The van der Waals surface area contributed by atoms with Gasteiger partial charge in [-0.25, -0.2) is 0 Å². The minimum Gasteiger partial charge on any atom is -0.363 e. The lowest BCUT2D eigenvalue weighted by atomic mass is 9.97. The second-order valence-corrected chi connectivity index (χ2v) is 7.00. The Balaban J connectivity index is 1.82. The summed E-state index contributed by atoms with van der Waals surface area (Å²) in [5.74, 6) is 0.227. The molecule has 0 unspecified atom stereocenters. The third-order valence-electron chi connectivity index (χ3n) is 3.87. The molecule has 0 saturated carbocycles. The Bertz CT molecular complexity index is 745. The van der Waals surface area contributed by atoms with Gasteiger partial charge in [-0.1, -0.05) is 42.5 Å². The molecule has 23 heavy (non-hydrogen) atoms. The first-order valence-electron chi connectivity index (χ1n) is 7.53. The van der Waals surface area contributed by atoms with Crippen molar-refractivity contribution in [3.8, 4) is 0 Å². The Kier molecular flexibility index (Phi) is 4.88. The summed E-state index contributed by atoms with van der Waals surface area (Å²) in [7, 11) is -0.965. The van der Waals surface area contributed by atoms with Crippen LogP contribution in [-0.4, -0.2) is 23.0 Å². The topological polar surface area (TPSA) is 55.4 Å². The van der Waals surface area contributed by atoms with E-state index in [9.17, 15) is 9.00 Å². The van der Waals surface area contributed by atoms with Crippen molar-refractivity contribution in [2.75, 3.05) is 18.2 Å². The van der Waals surface area contributed by atoms with Crippen LogP contribution in [-0.2, 0) is 32.5 Å². The SMILES string of the molecule is C[S@](=O)Cc1ccccc1NC(=O)[C@@H]1OCCc2ccccc21. The molecular weight excluding hydrogens is 310 g/mol. The molecule has 1 amide bonds. The van der Waals surface area contributed by atoms with E-state index >= 15 is 0 Å². The number of hydrogen-bond acceptors (Lipinski definition) is 3. The van der Waals surface area contributed by atoms with Crippen LogP contribution >= 0.6 is 0 Å². The molecule has 0 aliphatic carbocycles. The number of ether oxygens (including phenoxy) is 1. The van der Waals surface area contributed by atoms with Crippen molar-refractivity contribution in [2.45, 2.75) is 18.3 Å². The highest BCUT2D eigenvalue weighted by atomic mass is 32.2. The minimum atomic E-state index is -0.965. The average Bonchev–Trinajstić information content (AvgIpc) is 2.55. The van der Waals surface area contributed by atoms with Crippen LogP contribution in [0.1, 0.15) is 22.8 Å². The summed E-state index contributed by atoms with van der Waals surface area (Å²) in [5, 5.41) is 2.93. The Morgan fingerprint density at radius 3 is 2.78 bits per heavy atom. The second-order valence-electron chi connectivity index (χ2n) is 5.56. The van der Waals surface area contributed by atoms with Gasteiger partial charge in [0.1, 0.15) is 0 Å². The number of benzene rings is 2. The van der Waals surface area contributed by atoms with Gasteiger partial charge >= 0.3 is 0 Å². The number of rotatable bonds is 4. The molecule has 0 bridgehead atoms. The molecule has 1 aliphatic rings. The molecule has 0 fully saturated rings. The van der Waals surface area contributed by atoms with Crippen LogP contribution in [0.15, 0.2) is 48.5 Å². The Morgan fingerprint density at radius 2 is 1.96 bits per heavy atom. The molecule has 5 heteroatoms. The first-order chi connectivity index (χ1) is 11.1. The van der Waals surface area contributed by atoms with Gasteiger partial charge in [-0.05, 0) is 29.2 Å². The zero-order valence-electron chi connectivity index (χ0n) is 13.0. The zero-order valence-corrected chi connectivity index (χ0v) is 13.8. The Morgan fingerprint density at radius 1 is 1.22 bits per heavy atom. The molecule has 0 saturated heterocycles. The molecule has 120 valence electrons. The second kappa shape index (κ2) is 7.06. The fraction of sp³-hybridized carbons (Fsp3) is 0.278. The summed E-state index contributed by atoms with van der Waals surface area (Å²) in [6.45, 7) is 0.537. The third-order valence-corrected chi connectivity index (χ3v) is 4.58. The molecule has 1 N–H and O–H groups in total. The fourth-order valence-electron chi connectivity index (χ4n) is 2.80. The van der Waals surface area contributed by atoms with E-state index in [4.69, 9.17) is 4.74 Å². The standard InChI is InChI=1S/C18H19NO3S/c1-23(21)12-14-7-3-5-9-16(14)19-18(20)17-15-8-4-2-6-13(15)10-11-22-17/h2-9,17H,10-12H2,1H3,(H,19,20)/t17-,23+/m1/s1. The van der Waals surface area contributed by atoms with Gasteiger partial charge in [0.25, 0.3) is 5.91 Å². The summed E-state index contributed by atoms with van der Waals surface area (Å²) >= 11 is 0. The van der Waals surface area contributed by atoms with Crippen molar-refractivity contribution in [2.24, 2.45) is 0 Å². The van der Waals surface area contributed by atoms with E-state index in [2.05, 4.69) is 5.32 Å². The maximum absolute atomic E-state index is 12.7. The number of carbonyl (C=O) groups is 1. The van der Waals surface area contributed by atoms with Crippen LogP contribution < -0.4 is 5.32 Å². The summed E-state index contributed by atoms with van der Waals surface area (Å²) in [5.41, 5.74) is 3.64. The number of nitrogens with one attached hydrogen (secondary N) is 1. The van der Waals surface area contributed by atoms with Crippen LogP contribution in [0.4, 0.5) is 5.69 Å². The molecular formula is C18H19NO3S. The maximum Gasteiger partial charge on any atom is 0.258 e. The number of anilines is 1. The number of para-hydroxylation sites is 1. The third kappa shape index (κ3) is 3.68. The lowest BCUT2D eigenvalue weighted by Crippen LogP contribution is -2.28. The molecule has 0 spiro atoms. The molecule has 2 aromatic carbocycles. The molecule has 2 aromatic rings. The first-order valence-corrected chi connectivity index (χ1v) is 9.26. The average molecular weight is 329 g/mol. The first kappa shape index (κ1) is 15.9. The van der Waals surface area contributed by atoms with Crippen molar-refractivity contribution >= 4 is 22.4 Å². The monoisotopic (exact) mass is 329 g/mol. The van der Waals surface area contributed by atoms with Crippen molar-refractivity contribution in [3.05, 3.63) is 65.2 Å². The number of amides is 1. The van der Waals surface area contributed by atoms with Gasteiger partial charge in [0.2, 0.25) is 0 Å². The quantitative estimate of drug-likeness (QED) is 0.938. The highest BCUT2D eigenvalue weighted by Crippen LogP contribution is 2.28. The molecule has 0 aromatic heterocycles. The van der Waals surface area contributed by atoms with Crippen molar-refractivity contribution < 1.29 is 13.7 Å². The summed E-state index contributed by atoms with van der Waals surface area (Å²) in [4.78, 5) is 12.7. The predicted molar refractivity (Wildman–Crippen MR) is 91.7 cm³/mol.